The molecule has 0 aliphatic carbocycles. The second-order valence-corrected chi connectivity index (χ2v) is 3.91. The number of rotatable bonds is 2. The number of hydrogen-bond acceptors (Lipinski definition) is 4. The lowest BCUT2D eigenvalue weighted by atomic mass is 10.2. The summed E-state index contributed by atoms with van der Waals surface area (Å²) in [6.45, 7) is 0. The minimum atomic E-state index is -0.369. The van der Waals surface area contributed by atoms with Gasteiger partial charge in [0.2, 0.25) is 0 Å². The van der Waals surface area contributed by atoms with E-state index in [4.69, 9.17) is 5.73 Å². The van der Waals surface area contributed by atoms with Crippen LogP contribution in [0.25, 0.3) is 11.0 Å². The summed E-state index contributed by atoms with van der Waals surface area (Å²) in [6, 6.07) is 3.41. The number of anilines is 1. The van der Waals surface area contributed by atoms with E-state index in [0.29, 0.717) is 22.9 Å². The van der Waals surface area contributed by atoms with Crippen molar-refractivity contribution in [3.05, 3.63) is 47.9 Å². The molecule has 6 heteroatoms. The van der Waals surface area contributed by atoms with Crippen LogP contribution in [-0.2, 0) is 6.42 Å². The van der Waals surface area contributed by atoms with E-state index < -0.39 is 0 Å². The summed E-state index contributed by atoms with van der Waals surface area (Å²) in [6.07, 6.45) is 4.74. The molecule has 0 aliphatic rings. The summed E-state index contributed by atoms with van der Waals surface area (Å²) in [4.78, 5) is 15.1. The van der Waals surface area contributed by atoms with E-state index in [2.05, 4.69) is 19.9 Å². The molecule has 3 N–H and O–H groups in total. The number of hydrogen-bond donors (Lipinski definition) is 2. The van der Waals surface area contributed by atoms with Crippen LogP contribution in [0.15, 0.2) is 30.7 Å². The first kappa shape index (κ1) is 10.6. The van der Waals surface area contributed by atoms with Crippen molar-refractivity contribution in [1.29, 1.82) is 0 Å². The van der Waals surface area contributed by atoms with Gasteiger partial charge in [-0.05, 0) is 17.7 Å². The third-order valence-electron chi connectivity index (χ3n) is 2.70. The van der Waals surface area contributed by atoms with E-state index in [0.717, 1.165) is 5.39 Å². The average Bonchev–Trinajstić information content (AvgIpc) is 2.81. The van der Waals surface area contributed by atoms with Gasteiger partial charge in [0, 0.05) is 18.8 Å². The van der Waals surface area contributed by atoms with Gasteiger partial charge in [0.15, 0.2) is 0 Å². The van der Waals surface area contributed by atoms with Crippen LogP contribution in [0.2, 0.25) is 0 Å². The molecule has 5 nitrogen and oxygen atoms in total. The zero-order valence-corrected chi connectivity index (χ0v) is 9.39. The predicted molar refractivity (Wildman–Crippen MR) is 65.3 cm³/mol. The summed E-state index contributed by atoms with van der Waals surface area (Å²) in [5, 5.41) is 0.772. The zero-order valence-electron chi connectivity index (χ0n) is 9.39. The Morgan fingerprint density at radius 1 is 1.28 bits per heavy atom. The predicted octanol–water partition coefficient (Wildman–Crippen LogP) is 1.67. The fraction of sp³-hybridized carbons (Fsp3) is 0.0833. The lowest BCUT2D eigenvalue weighted by Crippen LogP contribution is -2.02. The van der Waals surface area contributed by atoms with Crippen molar-refractivity contribution in [2.24, 2.45) is 0 Å². The molecule has 0 fully saturated rings. The topological polar surface area (TPSA) is 80.5 Å². The van der Waals surface area contributed by atoms with Gasteiger partial charge in [0.05, 0.1) is 11.6 Å². The minimum absolute atomic E-state index is 0.285. The maximum atomic E-state index is 13.5. The number of aromatic amines is 1. The largest absolute Gasteiger partial charge is 0.383 e. The summed E-state index contributed by atoms with van der Waals surface area (Å²) < 4.78 is 13.5. The Balaban J connectivity index is 2.02. The molecule has 3 heterocycles. The second kappa shape index (κ2) is 4.06. The van der Waals surface area contributed by atoms with Crippen LogP contribution in [0.4, 0.5) is 10.2 Å². The molecule has 0 amide bonds. The minimum Gasteiger partial charge on any atom is -0.383 e. The van der Waals surface area contributed by atoms with Crippen molar-refractivity contribution in [1.82, 2.24) is 19.9 Å². The Morgan fingerprint density at radius 2 is 2.17 bits per heavy atom. The molecule has 0 saturated heterocycles. The highest BCUT2D eigenvalue weighted by atomic mass is 19.1. The van der Waals surface area contributed by atoms with Gasteiger partial charge in [-0.15, -0.1) is 0 Å². The lowest BCUT2D eigenvalue weighted by Gasteiger charge is -2.03. The number of nitrogens with zero attached hydrogens (tertiary/aromatic N) is 3. The van der Waals surface area contributed by atoms with Crippen LogP contribution in [0.3, 0.4) is 0 Å². The Hall–Kier alpha value is -2.50. The van der Waals surface area contributed by atoms with E-state index >= 15 is 0 Å². The van der Waals surface area contributed by atoms with E-state index in [1.165, 1.54) is 12.4 Å². The number of halogens is 1. The van der Waals surface area contributed by atoms with Gasteiger partial charge in [-0.1, -0.05) is 0 Å². The van der Waals surface area contributed by atoms with Gasteiger partial charge in [-0.2, -0.15) is 0 Å². The molecule has 0 spiro atoms. The fourth-order valence-electron chi connectivity index (χ4n) is 1.81. The standard InChI is InChI=1S/C12H10FN5/c13-9-6-15-3-1-7(9)5-10-17-11(14)8-2-4-16-12(8)18-10/h1-4,6H,5H2,(H3,14,16,17,18). The van der Waals surface area contributed by atoms with E-state index in [-0.39, 0.29) is 12.2 Å². The number of pyridine rings is 1. The van der Waals surface area contributed by atoms with Crippen molar-refractivity contribution < 1.29 is 4.39 Å². The highest BCUT2D eigenvalue weighted by Crippen LogP contribution is 2.17. The highest BCUT2D eigenvalue weighted by Gasteiger charge is 2.09. The number of H-pyrrole nitrogens is 1. The first-order valence-electron chi connectivity index (χ1n) is 5.42. The van der Waals surface area contributed by atoms with Gasteiger partial charge in [-0.25, -0.2) is 14.4 Å². The fourth-order valence-corrected chi connectivity index (χ4v) is 1.81. The highest BCUT2D eigenvalue weighted by molar-refractivity contribution is 5.85. The number of aromatic nitrogens is 4. The molecule has 3 rings (SSSR count). The molecule has 3 aromatic heterocycles. The molecule has 90 valence electrons. The van der Waals surface area contributed by atoms with Crippen molar-refractivity contribution >= 4 is 16.9 Å². The summed E-state index contributed by atoms with van der Waals surface area (Å²) in [7, 11) is 0. The molecule has 0 bridgehead atoms. The number of nitrogens with two attached hydrogens (primary N) is 1. The van der Waals surface area contributed by atoms with E-state index in [9.17, 15) is 4.39 Å². The Kier molecular flexibility index (Phi) is 2.40. The first-order valence-corrected chi connectivity index (χ1v) is 5.42. The Labute approximate surface area is 102 Å². The van der Waals surface area contributed by atoms with Gasteiger partial charge >= 0.3 is 0 Å². The Bertz CT molecular complexity index is 707. The molecule has 0 aromatic carbocycles. The third kappa shape index (κ3) is 1.77. The summed E-state index contributed by atoms with van der Waals surface area (Å²) in [5.41, 5.74) is 6.97. The monoisotopic (exact) mass is 243 g/mol. The smallest absolute Gasteiger partial charge is 0.145 e. The maximum Gasteiger partial charge on any atom is 0.145 e. The maximum absolute atomic E-state index is 13.5. The van der Waals surface area contributed by atoms with Crippen molar-refractivity contribution in [3.8, 4) is 0 Å². The molecule has 0 radical (unpaired) electrons. The number of fused-ring (bicyclic) bond motifs is 1. The van der Waals surface area contributed by atoms with Crippen molar-refractivity contribution in [2.75, 3.05) is 5.73 Å². The van der Waals surface area contributed by atoms with Crippen molar-refractivity contribution in [3.63, 3.8) is 0 Å². The van der Waals surface area contributed by atoms with Crippen LogP contribution in [0, 0.1) is 5.82 Å². The number of nitrogens with one attached hydrogen (secondary N) is 1. The second-order valence-electron chi connectivity index (χ2n) is 3.91. The molecular weight excluding hydrogens is 233 g/mol. The normalized spacial score (nSPS) is 10.9. The summed E-state index contributed by atoms with van der Waals surface area (Å²) >= 11 is 0. The quantitative estimate of drug-likeness (QED) is 0.717. The van der Waals surface area contributed by atoms with E-state index in [1.54, 1.807) is 12.3 Å². The van der Waals surface area contributed by atoms with Crippen LogP contribution in [0.5, 0.6) is 0 Å². The van der Waals surface area contributed by atoms with Crippen molar-refractivity contribution in [2.45, 2.75) is 6.42 Å². The van der Waals surface area contributed by atoms with Gasteiger partial charge in [0.25, 0.3) is 0 Å². The SMILES string of the molecule is Nc1nc(Cc2ccncc2F)nc2[nH]ccc12. The molecule has 0 saturated carbocycles. The van der Waals surface area contributed by atoms with Crippen LogP contribution in [0.1, 0.15) is 11.4 Å². The summed E-state index contributed by atoms with van der Waals surface area (Å²) in [5.74, 6) is 0.504. The molecule has 18 heavy (non-hydrogen) atoms. The molecule has 0 atom stereocenters. The Morgan fingerprint density at radius 3 is 3.00 bits per heavy atom. The third-order valence-corrected chi connectivity index (χ3v) is 2.70. The molecule has 0 aliphatic heterocycles. The van der Waals surface area contributed by atoms with Crippen LogP contribution in [-0.4, -0.2) is 19.9 Å². The van der Waals surface area contributed by atoms with Crippen LogP contribution < -0.4 is 5.73 Å². The van der Waals surface area contributed by atoms with Gasteiger partial charge < -0.3 is 10.7 Å². The first-order chi connectivity index (χ1) is 8.74. The average molecular weight is 243 g/mol. The van der Waals surface area contributed by atoms with Gasteiger partial charge in [0.1, 0.15) is 23.1 Å². The van der Waals surface area contributed by atoms with E-state index in [1.807, 2.05) is 6.07 Å². The lowest BCUT2D eigenvalue weighted by molar-refractivity contribution is 0.605. The molecule has 3 aromatic rings. The molecule has 0 unspecified atom stereocenters. The van der Waals surface area contributed by atoms with Crippen LogP contribution >= 0.6 is 0 Å². The number of nitrogen functional groups attached to an aromatic ring is 1. The zero-order chi connectivity index (χ0) is 12.5. The van der Waals surface area contributed by atoms with Gasteiger partial charge in [-0.3, -0.25) is 4.98 Å². The molecular formula is C12H10FN5.